The van der Waals surface area contributed by atoms with Gasteiger partial charge in [-0.2, -0.15) is 15.0 Å². The fraction of sp³-hybridized carbons (Fsp3) is 0.636. The lowest BCUT2D eigenvalue weighted by Crippen LogP contribution is -2.31. The number of carbonyl (C=O) groups is 1. The molecule has 8 heteroatoms. The SMILES string of the molecule is CNc1nc(N(C)C)nc(N(C)C(=O)OC(C)C)n1. The number of hydrogen-bond acceptors (Lipinski definition) is 7. The topological polar surface area (TPSA) is 83.5 Å². The predicted molar refractivity (Wildman–Crippen MR) is 73.7 cm³/mol. The van der Waals surface area contributed by atoms with Crippen molar-refractivity contribution in [2.45, 2.75) is 20.0 Å². The van der Waals surface area contributed by atoms with E-state index in [0.717, 1.165) is 0 Å². The lowest BCUT2D eigenvalue weighted by atomic mass is 10.5. The van der Waals surface area contributed by atoms with Crippen LogP contribution in [0.4, 0.5) is 22.6 Å². The summed E-state index contributed by atoms with van der Waals surface area (Å²) in [5, 5.41) is 2.83. The highest BCUT2D eigenvalue weighted by atomic mass is 16.6. The molecular weight excluding hydrogens is 248 g/mol. The number of ether oxygens (including phenoxy) is 1. The van der Waals surface area contributed by atoms with Crippen LogP contribution in [0.1, 0.15) is 13.8 Å². The van der Waals surface area contributed by atoms with Gasteiger partial charge in [0, 0.05) is 28.2 Å². The lowest BCUT2D eigenvalue weighted by molar-refractivity contribution is 0.123. The summed E-state index contributed by atoms with van der Waals surface area (Å²) in [5.74, 6) is 1.07. The van der Waals surface area contributed by atoms with Gasteiger partial charge in [0.15, 0.2) is 0 Å². The van der Waals surface area contributed by atoms with Crippen LogP contribution < -0.4 is 15.1 Å². The van der Waals surface area contributed by atoms with Gasteiger partial charge in [0.25, 0.3) is 0 Å². The van der Waals surface area contributed by atoms with Gasteiger partial charge in [-0.1, -0.05) is 0 Å². The normalized spacial score (nSPS) is 10.3. The van der Waals surface area contributed by atoms with Crippen LogP contribution in [-0.4, -0.2) is 55.3 Å². The number of rotatable bonds is 4. The minimum Gasteiger partial charge on any atom is -0.446 e. The molecule has 0 bridgehead atoms. The van der Waals surface area contributed by atoms with E-state index in [9.17, 15) is 4.79 Å². The number of aromatic nitrogens is 3. The van der Waals surface area contributed by atoms with Crippen molar-refractivity contribution < 1.29 is 9.53 Å². The van der Waals surface area contributed by atoms with E-state index in [4.69, 9.17) is 4.74 Å². The summed E-state index contributed by atoms with van der Waals surface area (Å²) in [4.78, 5) is 27.3. The van der Waals surface area contributed by atoms with Crippen LogP contribution in [0.25, 0.3) is 0 Å². The molecule has 8 nitrogen and oxygen atoms in total. The van der Waals surface area contributed by atoms with E-state index in [1.807, 2.05) is 14.1 Å². The van der Waals surface area contributed by atoms with Crippen LogP contribution in [0.2, 0.25) is 0 Å². The van der Waals surface area contributed by atoms with Gasteiger partial charge in [-0.05, 0) is 13.8 Å². The second-order valence-corrected chi connectivity index (χ2v) is 4.39. The third kappa shape index (κ3) is 3.94. The molecule has 0 aromatic carbocycles. The zero-order valence-electron chi connectivity index (χ0n) is 12.1. The Kier molecular flexibility index (Phi) is 4.85. The second-order valence-electron chi connectivity index (χ2n) is 4.39. The third-order valence-electron chi connectivity index (χ3n) is 2.15. The van der Waals surface area contributed by atoms with Crippen molar-refractivity contribution in [3.63, 3.8) is 0 Å². The Labute approximate surface area is 112 Å². The van der Waals surface area contributed by atoms with Gasteiger partial charge in [-0.25, -0.2) is 9.69 Å². The lowest BCUT2D eigenvalue weighted by Gasteiger charge is -2.19. The maximum atomic E-state index is 11.8. The molecule has 1 heterocycles. The fourth-order valence-corrected chi connectivity index (χ4v) is 1.18. The summed E-state index contributed by atoms with van der Waals surface area (Å²) >= 11 is 0. The molecule has 1 aromatic rings. The summed E-state index contributed by atoms with van der Waals surface area (Å²) in [6.45, 7) is 3.56. The van der Waals surface area contributed by atoms with Gasteiger partial charge in [-0.15, -0.1) is 0 Å². The van der Waals surface area contributed by atoms with Crippen LogP contribution >= 0.6 is 0 Å². The highest BCUT2D eigenvalue weighted by molar-refractivity contribution is 5.85. The van der Waals surface area contributed by atoms with Crippen molar-refractivity contribution in [1.82, 2.24) is 15.0 Å². The molecule has 1 rings (SSSR count). The quantitative estimate of drug-likeness (QED) is 0.870. The number of hydrogen-bond donors (Lipinski definition) is 1. The third-order valence-corrected chi connectivity index (χ3v) is 2.15. The van der Waals surface area contributed by atoms with E-state index >= 15 is 0 Å². The first kappa shape index (κ1) is 14.9. The van der Waals surface area contributed by atoms with Crippen molar-refractivity contribution in [2.75, 3.05) is 43.3 Å². The minimum atomic E-state index is -0.507. The summed E-state index contributed by atoms with van der Waals surface area (Å²) in [6, 6.07) is 0. The van der Waals surface area contributed by atoms with E-state index in [0.29, 0.717) is 11.9 Å². The average Bonchev–Trinajstić information content (AvgIpc) is 2.36. The van der Waals surface area contributed by atoms with Gasteiger partial charge in [-0.3, -0.25) is 0 Å². The number of amides is 1. The monoisotopic (exact) mass is 268 g/mol. The van der Waals surface area contributed by atoms with Gasteiger partial charge in [0.05, 0.1) is 6.10 Å². The molecule has 19 heavy (non-hydrogen) atoms. The van der Waals surface area contributed by atoms with E-state index in [1.165, 1.54) is 4.90 Å². The first-order valence-corrected chi connectivity index (χ1v) is 5.90. The Hall–Kier alpha value is -2.12. The first-order chi connectivity index (χ1) is 8.85. The molecule has 0 atom stereocenters. The Morgan fingerprint density at radius 2 is 1.74 bits per heavy atom. The molecule has 0 radical (unpaired) electrons. The molecule has 0 saturated heterocycles. The van der Waals surface area contributed by atoms with Gasteiger partial charge in [0.2, 0.25) is 17.8 Å². The van der Waals surface area contributed by atoms with Crippen LogP contribution in [0.3, 0.4) is 0 Å². The minimum absolute atomic E-state index is 0.200. The van der Waals surface area contributed by atoms with Crippen LogP contribution in [0.15, 0.2) is 0 Å². The van der Waals surface area contributed by atoms with Crippen LogP contribution in [0.5, 0.6) is 0 Å². The zero-order chi connectivity index (χ0) is 14.6. The van der Waals surface area contributed by atoms with Crippen molar-refractivity contribution >= 4 is 23.9 Å². The van der Waals surface area contributed by atoms with Gasteiger partial charge >= 0.3 is 6.09 Å². The Bertz CT molecular complexity index is 449. The zero-order valence-corrected chi connectivity index (χ0v) is 12.1. The highest BCUT2D eigenvalue weighted by Crippen LogP contribution is 2.14. The number of nitrogens with one attached hydrogen (secondary N) is 1. The number of carbonyl (C=O) groups excluding carboxylic acids is 1. The summed E-state index contributed by atoms with van der Waals surface area (Å²) in [6.07, 6.45) is -0.707. The van der Waals surface area contributed by atoms with Crippen molar-refractivity contribution in [3.8, 4) is 0 Å². The Morgan fingerprint density at radius 1 is 1.16 bits per heavy atom. The highest BCUT2D eigenvalue weighted by Gasteiger charge is 2.18. The smallest absolute Gasteiger partial charge is 0.416 e. The van der Waals surface area contributed by atoms with E-state index in [2.05, 4.69) is 20.3 Å². The van der Waals surface area contributed by atoms with Crippen LogP contribution in [0, 0.1) is 0 Å². The summed E-state index contributed by atoms with van der Waals surface area (Å²) in [7, 11) is 6.87. The van der Waals surface area contributed by atoms with Gasteiger partial charge < -0.3 is 15.0 Å². The standard InChI is InChI=1S/C11H20N6O2/c1-7(2)19-11(18)17(6)10-14-8(12-3)13-9(15-10)16(4)5/h7H,1-6H3,(H,12,13,14,15). The summed E-state index contributed by atoms with van der Waals surface area (Å²) < 4.78 is 5.09. The second kappa shape index (κ2) is 6.17. The molecular formula is C11H20N6O2. The maximum Gasteiger partial charge on any atom is 0.416 e. The largest absolute Gasteiger partial charge is 0.446 e. The van der Waals surface area contributed by atoms with Crippen LogP contribution in [-0.2, 0) is 4.74 Å². The molecule has 1 aromatic heterocycles. The molecule has 0 unspecified atom stereocenters. The molecule has 1 N–H and O–H groups in total. The summed E-state index contributed by atoms with van der Waals surface area (Å²) in [5.41, 5.74) is 0. The Morgan fingerprint density at radius 3 is 2.21 bits per heavy atom. The average molecular weight is 268 g/mol. The van der Waals surface area contributed by atoms with Gasteiger partial charge in [0.1, 0.15) is 0 Å². The molecule has 0 spiro atoms. The van der Waals surface area contributed by atoms with Crippen molar-refractivity contribution in [3.05, 3.63) is 0 Å². The number of anilines is 3. The van der Waals surface area contributed by atoms with E-state index in [-0.39, 0.29) is 12.1 Å². The first-order valence-electron chi connectivity index (χ1n) is 5.90. The molecule has 0 aliphatic rings. The molecule has 0 fully saturated rings. The maximum absolute atomic E-state index is 11.8. The van der Waals surface area contributed by atoms with Crippen molar-refractivity contribution in [1.29, 1.82) is 0 Å². The molecule has 0 saturated carbocycles. The molecule has 106 valence electrons. The van der Waals surface area contributed by atoms with Crippen molar-refractivity contribution in [2.24, 2.45) is 0 Å². The predicted octanol–water partition coefficient (Wildman–Crippen LogP) is 0.960. The fourth-order valence-electron chi connectivity index (χ4n) is 1.18. The molecule has 0 aliphatic heterocycles. The molecule has 0 aliphatic carbocycles. The Balaban J connectivity index is 3.04. The van der Waals surface area contributed by atoms with E-state index in [1.54, 1.807) is 32.8 Å². The molecule has 1 amide bonds. The number of nitrogens with zero attached hydrogens (tertiary/aromatic N) is 5. The van der Waals surface area contributed by atoms with E-state index < -0.39 is 6.09 Å².